The molecule has 162 valence electrons. The van der Waals surface area contributed by atoms with E-state index < -0.39 is 22.6 Å². The molecular weight excluding hydrogens is 438 g/mol. The fourth-order valence-electron chi connectivity index (χ4n) is 2.68. The Labute approximate surface area is 186 Å². The van der Waals surface area contributed by atoms with Gasteiger partial charge in [0.1, 0.15) is 0 Å². The number of carbonyl (C=O) groups is 3. The Morgan fingerprint density at radius 3 is 2.44 bits per heavy atom. The van der Waals surface area contributed by atoms with E-state index in [0.717, 1.165) is 12.1 Å². The van der Waals surface area contributed by atoms with Gasteiger partial charge in [0.15, 0.2) is 0 Å². The number of amides is 3. The lowest BCUT2D eigenvalue weighted by atomic mass is 10.1. The second-order valence-corrected chi connectivity index (χ2v) is 6.80. The van der Waals surface area contributed by atoms with E-state index in [-0.39, 0.29) is 34.1 Å². The van der Waals surface area contributed by atoms with Gasteiger partial charge in [-0.25, -0.2) is 0 Å². The molecule has 0 bridgehead atoms. The van der Waals surface area contributed by atoms with E-state index in [9.17, 15) is 24.5 Å². The second-order valence-electron chi connectivity index (χ2n) is 6.39. The quantitative estimate of drug-likeness (QED) is 0.370. The lowest BCUT2D eigenvalue weighted by Gasteiger charge is -2.12. The Bertz CT molecular complexity index is 1190. The molecule has 3 aromatic rings. The molecule has 3 rings (SSSR count). The van der Waals surface area contributed by atoms with Crippen molar-refractivity contribution in [2.24, 2.45) is 0 Å². The number of pyridine rings is 1. The van der Waals surface area contributed by atoms with Gasteiger partial charge in [-0.1, -0.05) is 23.7 Å². The van der Waals surface area contributed by atoms with E-state index in [1.807, 2.05) is 0 Å². The topological polar surface area (TPSA) is 143 Å². The van der Waals surface area contributed by atoms with Gasteiger partial charge in [-0.2, -0.15) is 0 Å². The van der Waals surface area contributed by atoms with E-state index in [1.165, 1.54) is 24.4 Å². The summed E-state index contributed by atoms with van der Waals surface area (Å²) in [6, 6.07) is 12.9. The number of nitro benzene ring substituents is 1. The molecule has 3 amide bonds. The van der Waals surface area contributed by atoms with E-state index in [2.05, 4.69) is 20.9 Å². The fourth-order valence-corrected chi connectivity index (χ4v) is 2.94. The van der Waals surface area contributed by atoms with Crippen LogP contribution in [0.4, 0.5) is 17.1 Å². The highest BCUT2D eigenvalue weighted by molar-refractivity contribution is 6.34. The number of nitro groups is 1. The Morgan fingerprint density at radius 1 is 0.969 bits per heavy atom. The molecule has 0 saturated heterocycles. The van der Waals surface area contributed by atoms with Gasteiger partial charge in [-0.3, -0.25) is 29.5 Å². The number of aromatic nitrogens is 1. The van der Waals surface area contributed by atoms with Crippen molar-refractivity contribution in [1.29, 1.82) is 0 Å². The van der Waals surface area contributed by atoms with Crippen LogP contribution in [0, 0.1) is 10.1 Å². The number of anilines is 2. The lowest BCUT2D eigenvalue weighted by molar-refractivity contribution is -0.384. The zero-order chi connectivity index (χ0) is 23.1. The van der Waals surface area contributed by atoms with E-state index in [4.69, 9.17) is 11.6 Å². The molecule has 0 fully saturated rings. The van der Waals surface area contributed by atoms with Crippen LogP contribution in [0.1, 0.15) is 20.7 Å². The number of nitrogens with zero attached hydrogens (tertiary/aromatic N) is 2. The molecule has 11 heteroatoms. The van der Waals surface area contributed by atoms with Gasteiger partial charge in [0.25, 0.3) is 17.5 Å². The maximum Gasteiger partial charge on any atom is 0.270 e. The van der Waals surface area contributed by atoms with Crippen molar-refractivity contribution < 1.29 is 19.3 Å². The molecule has 0 spiro atoms. The highest BCUT2D eigenvalue weighted by atomic mass is 35.5. The van der Waals surface area contributed by atoms with Gasteiger partial charge in [0, 0.05) is 18.3 Å². The molecule has 0 atom stereocenters. The minimum absolute atomic E-state index is 0.00308. The van der Waals surface area contributed by atoms with Gasteiger partial charge in [0.05, 0.1) is 45.2 Å². The number of carbonyl (C=O) groups excluding carboxylic acids is 3. The van der Waals surface area contributed by atoms with Crippen LogP contribution in [0.3, 0.4) is 0 Å². The first kappa shape index (κ1) is 22.4. The number of rotatable bonds is 7. The molecular formula is C21H16ClN5O5. The standard InChI is InChI=1S/C21H16ClN5O5/c22-17-10-14(27(31)32)7-8-15(17)21(30)26-18-6-2-1-5-16(18)20(29)24-12-19(28)25-13-4-3-9-23-11-13/h1-11H,12H2,(H,24,29)(H,25,28)(H,26,30). The largest absolute Gasteiger partial charge is 0.343 e. The summed E-state index contributed by atoms with van der Waals surface area (Å²) in [7, 11) is 0. The number of non-ortho nitro benzene ring substituents is 1. The minimum Gasteiger partial charge on any atom is -0.343 e. The molecule has 0 aliphatic heterocycles. The number of halogens is 1. The van der Waals surface area contributed by atoms with Crippen molar-refractivity contribution in [3.05, 3.63) is 93.3 Å². The SMILES string of the molecule is O=C(CNC(=O)c1ccccc1NC(=O)c1ccc([N+](=O)[O-])cc1Cl)Nc1cccnc1. The van der Waals surface area contributed by atoms with Gasteiger partial charge in [-0.15, -0.1) is 0 Å². The van der Waals surface area contributed by atoms with Crippen molar-refractivity contribution in [1.82, 2.24) is 10.3 Å². The predicted octanol–water partition coefficient (Wildman–Crippen LogP) is 3.26. The molecule has 1 aromatic heterocycles. The summed E-state index contributed by atoms with van der Waals surface area (Å²) in [6.45, 7) is -0.301. The summed E-state index contributed by atoms with van der Waals surface area (Å²) < 4.78 is 0. The van der Waals surface area contributed by atoms with Crippen molar-refractivity contribution in [2.75, 3.05) is 17.2 Å². The first-order valence-electron chi connectivity index (χ1n) is 9.17. The summed E-state index contributed by atoms with van der Waals surface area (Å²) >= 11 is 5.99. The van der Waals surface area contributed by atoms with E-state index in [0.29, 0.717) is 5.69 Å². The molecule has 0 radical (unpaired) electrons. The van der Waals surface area contributed by atoms with E-state index in [1.54, 1.807) is 30.5 Å². The number of nitrogens with one attached hydrogen (secondary N) is 3. The van der Waals surface area contributed by atoms with Crippen LogP contribution < -0.4 is 16.0 Å². The summed E-state index contributed by atoms with van der Waals surface area (Å²) in [5.41, 5.74) is 0.531. The third kappa shape index (κ3) is 5.64. The number of hydrogen-bond donors (Lipinski definition) is 3. The van der Waals surface area contributed by atoms with E-state index >= 15 is 0 Å². The maximum atomic E-state index is 12.6. The molecule has 10 nitrogen and oxygen atoms in total. The van der Waals surface area contributed by atoms with Crippen molar-refractivity contribution in [3.63, 3.8) is 0 Å². The predicted molar refractivity (Wildman–Crippen MR) is 118 cm³/mol. The first-order chi connectivity index (χ1) is 15.3. The summed E-state index contributed by atoms with van der Waals surface area (Å²) in [5.74, 6) is -1.69. The number of hydrogen-bond acceptors (Lipinski definition) is 6. The van der Waals surface area contributed by atoms with Crippen molar-refractivity contribution in [3.8, 4) is 0 Å². The van der Waals surface area contributed by atoms with Crippen LogP contribution in [-0.2, 0) is 4.79 Å². The highest BCUT2D eigenvalue weighted by Gasteiger charge is 2.18. The van der Waals surface area contributed by atoms with Gasteiger partial charge >= 0.3 is 0 Å². The Hall–Kier alpha value is -4.31. The zero-order valence-electron chi connectivity index (χ0n) is 16.4. The number of para-hydroxylation sites is 1. The zero-order valence-corrected chi connectivity index (χ0v) is 17.1. The Morgan fingerprint density at radius 2 is 1.75 bits per heavy atom. The number of benzene rings is 2. The summed E-state index contributed by atoms with van der Waals surface area (Å²) in [6.07, 6.45) is 3.03. The maximum absolute atomic E-state index is 12.6. The smallest absolute Gasteiger partial charge is 0.270 e. The molecule has 3 N–H and O–H groups in total. The van der Waals surface area contributed by atoms with Crippen LogP contribution in [0.5, 0.6) is 0 Å². The first-order valence-corrected chi connectivity index (χ1v) is 9.55. The molecule has 0 saturated carbocycles. The minimum atomic E-state index is -0.653. The van der Waals surface area contributed by atoms with Crippen LogP contribution in [0.25, 0.3) is 0 Å². The molecule has 0 aliphatic rings. The molecule has 0 unspecified atom stereocenters. The molecule has 0 aliphatic carbocycles. The van der Waals surface area contributed by atoms with Gasteiger partial charge in [0.2, 0.25) is 5.91 Å². The Kier molecular flexibility index (Phi) is 7.09. The normalized spacial score (nSPS) is 10.2. The Balaban J connectivity index is 1.67. The third-order valence-electron chi connectivity index (χ3n) is 4.18. The monoisotopic (exact) mass is 453 g/mol. The van der Waals surface area contributed by atoms with Crippen LogP contribution >= 0.6 is 11.6 Å². The van der Waals surface area contributed by atoms with Crippen LogP contribution in [0.15, 0.2) is 67.0 Å². The summed E-state index contributed by atoms with van der Waals surface area (Å²) in [4.78, 5) is 51.3. The average Bonchev–Trinajstić information content (AvgIpc) is 2.78. The second kappa shape index (κ2) is 10.1. The van der Waals surface area contributed by atoms with Gasteiger partial charge < -0.3 is 16.0 Å². The fraction of sp³-hybridized carbons (Fsp3) is 0.0476. The molecule has 32 heavy (non-hydrogen) atoms. The molecule has 1 heterocycles. The highest BCUT2D eigenvalue weighted by Crippen LogP contribution is 2.24. The van der Waals surface area contributed by atoms with Gasteiger partial charge in [-0.05, 0) is 30.3 Å². The van der Waals surface area contributed by atoms with Crippen LogP contribution in [-0.4, -0.2) is 34.2 Å². The lowest BCUT2D eigenvalue weighted by Crippen LogP contribution is -2.33. The van der Waals surface area contributed by atoms with Crippen molar-refractivity contribution >= 4 is 46.4 Å². The third-order valence-corrected chi connectivity index (χ3v) is 4.50. The molecule has 2 aromatic carbocycles. The van der Waals surface area contributed by atoms with Crippen LogP contribution in [0.2, 0.25) is 5.02 Å². The summed E-state index contributed by atoms with van der Waals surface area (Å²) in [5, 5.41) is 18.4. The van der Waals surface area contributed by atoms with Crippen molar-refractivity contribution in [2.45, 2.75) is 0 Å². The average molecular weight is 454 g/mol.